The van der Waals surface area contributed by atoms with Gasteiger partial charge in [-0.25, -0.2) is 9.64 Å². The maximum absolute atomic E-state index is 14.7. The molecule has 136 valence electrons. The maximum Gasteiger partial charge on any atom is 0.344 e. The second kappa shape index (κ2) is 9.07. The number of esters is 1. The van der Waals surface area contributed by atoms with Crippen LogP contribution in [0.4, 0.5) is 10.1 Å². The van der Waals surface area contributed by atoms with Crippen molar-refractivity contribution in [2.45, 2.75) is 20.3 Å². The SMILES string of the molecule is [C-]#[N+]c1cc(CC)cc(Oc2c(Cl)ccc(OCC(=O)OCC)c2F)c1. The third kappa shape index (κ3) is 4.87. The fraction of sp³-hybridized carbons (Fsp3) is 0.263. The fourth-order valence-corrected chi connectivity index (χ4v) is 2.33. The molecule has 0 saturated carbocycles. The van der Waals surface area contributed by atoms with Gasteiger partial charge >= 0.3 is 5.97 Å². The molecule has 26 heavy (non-hydrogen) atoms. The molecule has 0 spiro atoms. The highest BCUT2D eigenvalue weighted by Crippen LogP contribution is 2.38. The van der Waals surface area contributed by atoms with Crippen molar-refractivity contribution in [2.24, 2.45) is 0 Å². The van der Waals surface area contributed by atoms with Gasteiger partial charge in [0.1, 0.15) is 5.75 Å². The maximum atomic E-state index is 14.7. The molecule has 7 heteroatoms. The van der Waals surface area contributed by atoms with E-state index in [0.29, 0.717) is 17.9 Å². The average Bonchev–Trinajstić information content (AvgIpc) is 2.64. The molecule has 2 aromatic carbocycles. The Morgan fingerprint density at radius 2 is 2.04 bits per heavy atom. The fourth-order valence-electron chi connectivity index (χ4n) is 2.15. The molecule has 0 aliphatic carbocycles. The van der Waals surface area contributed by atoms with Crippen molar-refractivity contribution in [3.8, 4) is 17.2 Å². The van der Waals surface area contributed by atoms with E-state index in [0.717, 1.165) is 5.56 Å². The summed E-state index contributed by atoms with van der Waals surface area (Å²) in [7, 11) is 0. The van der Waals surface area contributed by atoms with Crippen molar-refractivity contribution in [1.82, 2.24) is 0 Å². The largest absolute Gasteiger partial charge is 0.479 e. The highest BCUT2D eigenvalue weighted by atomic mass is 35.5. The lowest BCUT2D eigenvalue weighted by molar-refractivity contribution is -0.145. The van der Waals surface area contributed by atoms with Crippen molar-refractivity contribution in [1.29, 1.82) is 0 Å². The molecule has 0 saturated heterocycles. The minimum Gasteiger partial charge on any atom is -0.479 e. The summed E-state index contributed by atoms with van der Waals surface area (Å²) in [6.07, 6.45) is 0.693. The number of carbonyl (C=O) groups is 1. The highest BCUT2D eigenvalue weighted by Gasteiger charge is 2.17. The molecule has 0 radical (unpaired) electrons. The molecule has 0 bridgehead atoms. The Morgan fingerprint density at radius 1 is 1.27 bits per heavy atom. The molecule has 0 N–H and O–H groups in total. The summed E-state index contributed by atoms with van der Waals surface area (Å²) >= 11 is 6.04. The van der Waals surface area contributed by atoms with Gasteiger partial charge in [-0.1, -0.05) is 30.2 Å². The van der Waals surface area contributed by atoms with E-state index >= 15 is 0 Å². The van der Waals surface area contributed by atoms with Crippen LogP contribution < -0.4 is 9.47 Å². The molecule has 5 nitrogen and oxygen atoms in total. The molecule has 0 atom stereocenters. The first-order chi connectivity index (χ1) is 12.5. The van der Waals surface area contributed by atoms with E-state index in [-0.39, 0.29) is 23.1 Å². The van der Waals surface area contributed by atoms with E-state index in [4.69, 9.17) is 32.4 Å². The van der Waals surface area contributed by atoms with Gasteiger partial charge in [-0.3, -0.25) is 0 Å². The Balaban J connectivity index is 2.28. The Hall–Kier alpha value is -2.78. The van der Waals surface area contributed by atoms with Crippen LogP contribution in [0.1, 0.15) is 19.4 Å². The standard InChI is InChI=1S/C19H17ClFNO4/c1-4-12-8-13(22-3)10-14(9-12)26-19-15(20)6-7-16(18(19)21)25-11-17(23)24-5-2/h6-10H,4-5,11H2,1-2H3. The van der Waals surface area contributed by atoms with Crippen molar-refractivity contribution in [3.63, 3.8) is 0 Å². The first-order valence-corrected chi connectivity index (χ1v) is 8.32. The summed E-state index contributed by atoms with van der Waals surface area (Å²) in [6.45, 7) is 10.5. The highest BCUT2D eigenvalue weighted by molar-refractivity contribution is 6.32. The lowest BCUT2D eigenvalue weighted by Gasteiger charge is -2.13. The van der Waals surface area contributed by atoms with Crippen LogP contribution in [0.5, 0.6) is 17.2 Å². The van der Waals surface area contributed by atoms with Gasteiger partial charge in [-0.05, 0) is 37.6 Å². The van der Waals surface area contributed by atoms with E-state index in [1.807, 2.05) is 6.92 Å². The predicted molar refractivity (Wildman–Crippen MR) is 95.7 cm³/mol. The van der Waals surface area contributed by atoms with Crippen LogP contribution in [0.15, 0.2) is 30.3 Å². The third-order valence-corrected chi connectivity index (χ3v) is 3.67. The van der Waals surface area contributed by atoms with E-state index < -0.39 is 18.4 Å². The van der Waals surface area contributed by atoms with Crippen LogP contribution in [-0.2, 0) is 16.0 Å². The summed E-state index contributed by atoms with van der Waals surface area (Å²) in [5, 5.41) is 0.0391. The van der Waals surface area contributed by atoms with Crippen LogP contribution in [-0.4, -0.2) is 19.2 Å². The number of rotatable bonds is 7. The summed E-state index contributed by atoms with van der Waals surface area (Å²) in [6, 6.07) is 7.64. The van der Waals surface area contributed by atoms with Crippen LogP contribution in [0, 0.1) is 12.4 Å². The topological polar surface area (TPSA) is 49.1 Å². The summed E-state index contributed by atoms with van der Waals surface area (Å²) in [5.41, 5.74) is 1.25. The number of carbonyl (C=O) groups excluding carboxylic acids is 1. The van der Waals surface area contributed by atoms with E-state index in [1.165, 1.54) is 18.2 Å². The molecule has 0 fully saturated rings. The van der Waals surface area contributed by atoms with Gasteiger partial charge in [0.25, 0.3) is 0 Å². The lowest BCUT2D eigenvalue weighted by atomic mass is 10.1. The Kier molecular flexibility index (Phi) is 6.81. The molecule has 0 aliphatic heterocycles. The second-order valence-electron chi connectivity index (χ2n) is 5.18. The van der Waals surface area contributed by atoms with Crippen molar-refractivity contribution in [3.05, 3.63) is 58.2 Å². The van der Waals surface area contributed by atoms with Gasteiger partial charge in [0.05, 0.1) is 18.2 Å². The van der Waals surface area contributed by atoms with Crippen LogP contribution in [0.25, 0.3) is 4.85 Å². The average molecular weight is 378 g/mol. The van der Waals surface area contributed by atoms with Gasteiger partial charge in [0.2, 0.25) is 5.82 Å². The number of hydrogen-bond acceptors (Lipinski definition) is 4. The monoisotopic (exact) mass is 377 g/mol. The normalized spacial score (nSPS) is 10.1. The zero-order valence-electron chi connectivity index (χ0n) is 14.3. The van der Waals surface area contributed by atoms with Gasteiger partial charge in [0, 0.05) is 0 Å². The third-order valence-electron chi connectivity index (χ3n) is 3.37. The van der Waals surface area contributed by atoms with Crippen molar-refractivity contribution >= 4 is 23.3 Å². The second-order valence-corrected chi connectivity index (χ2v) is 5.59. The lowest BCUT2D eigenvalue weighted by Crippen LogP contribution is -2.15. The zero-order chi connectivity index (χ0) is 19.1. The number of aryl methyl sites for hydroxylation is 1. The Bertz CT molecular complexity index is 848. The van der Waals surface area contributed by atoms with Gasteiger partial charge in [0.15, 0.2) is 23.8 Å². The number of benzene rings is 2. The molecular weight excluding hydrogens is 361 g/mol. The van der Waals surface area contributed by atoms with Gasteiger partial charge in [-0.15, -0.1) is 0 Å². The number of ether oxygens (including phenoxy) is 3. The Labute approximate surface area is 156 Å². The minimum absolute atomic E-state index is 0.0391. The zero-order valence-corrected chi connectivity index (χ0v) is 15.1. The summed E-state index contributed by atoms with van der Waals surface area (Å²) < 4.78 is 30.1. The number of nitrogens with zero attached hydrogens (tertiary/aromatic N) is 1. The molecule has 0 unspecified atom stereocenters. The van der Waals surface area contributed by atoms with Gasteiger partial charge in [-0.2, -0.15) is 4.39 Å². The molecule has 0 amide bonds. The van der Waals surface area contributed by atoms with Gasteiger partial charge < -0.3 is 14.2 Å². The van der Waals surface area contributed by atoms with Crippen molar-refractivity contribution in [2.75, 3.05) is 13.2 Å². The van der Waals surface area contributed by atoms with Crippen LogP contribution in [0.3, 0.4) is 0 Å². The van der Waals surface area contributed by atoms with Crippen LogP contribution in [0.2, 0.25) is 5.02 Å². The molecule has 2 aromatic rings. The summed E-state index contributed by atoms with van der Waals surface area (Å²) in [5.74, 6) is -1.58. The van der Waals surface area contributed by atoms with E-state index in [1.54, 1.807) is 19.1 Å². The molecule has 2 rings (SSSR count). The number of hydrogen-bond donors (Lipinski definition) is 0. The quantitative estimate of drug-likeness (QED) is 0.483. The molecule has 0 aromatic heterocycles. The van der Waals surface area contributed by atoms with Crippen LogP contribution >= 0.6 is 11.6 Å². The predicted octanol–water partition coefficient (Wildman–Crippen LogP) is 5.33. The number of halogens is 2. The molecular formula is C19H17ClFNO4. The smallest absolute Gasteiger partial charge is 0.344 e. The first-order valence-electron chi connectivity index (χ1n) is 7.94. The van der Waals surface area contributed by atoms with Crippen molar-refractivity contribution < 1.29 is 23.4 Å². The minimum atomic E-state index is -0.840. The van der Waals surface area contributed by atoms with E-state index in [2.05, 4.69) is 4.85 Å². The summed E-state index contributed by atoms with van der Waals surface area (Å²) in [4.78, 5) is 14.7. The molecule has 0 aliphatic rings. The first kappa shape index (κ1) is 19.5. The van der Waals surface area contributed by atoms with E-state index in [9.17, 15) is 9.18 Å². The molecule has 0 heterocycles. The Morgan fingerprint density at radius 3 is 2.69 bits per heavy atom.